The van der Waals surface area contributed by atoms with E-state index in [1.54, 1.807) is 6.20 Å². The van der Waals surface area contributed by atoms with Gasteiger partial charge in [-0.25, -0.2) is 0 Å². The van der Waals surface area contributed by atoms with Gasteiger partial charge in [0.05, 0.1) is 0 Å². The smallest absolute Gasteiger partial charge is 0.270 e. The van der Waals surface area contributed by atoms with Gasteiger partial charge in [-0.1, -0.05) is 27.7 Å². The normalized spacial score (nSPS) is 11.2. The van der Waals surface area contributed by atoms with Gasteiger partial charge < -0.3 is 9.88 Å². The van der Waals surface area contributed by atoms with Crippen LogP contribution in [0.25, 0.3) is 0 Å². The van der Waals surface area contributed by atoms with Crippen LogP contribution in [0.2, 0.25) is 0 Å². The second-order valence-electron chi connectivity index (χ2n) is 5.23. The standard InChI is InChI=1S/C13H21BrN2O/c1-9(2)7-16(8-10(3)4)13(17)12-5-11(14)6-15-12/h5-6,9-10,15H,7-8H2,1-4H3. The highest BCUT2D eigenvalue weighted by Gasteiger charge is 2.19. The SMILES string of the molecule is CC(C)CN(CC(C)C)C(=O)c1cc(Br)c[nH]1. The molecule has 0 bridgehead atoms. The Balaban J connectivity index is 2.78. The average Bonchev–Trinajstić information content (AvgIpc) is 2.61. The van der Waals surface area contributed by atoms with Crippen LogP contribution in [0.4, 0.5) is 0 Å². The summed E-state index contributed by atoms with van der Waals surface area (Å²) in [6.07, 6.45) is 1.79. The first-order valence-electron chi connectivity index (χ1n) is 6.03. The predicted molar refractivity (Wildman–Crippen MR) is 74.1 cm³/mol. The number of aromatic amines is 1. The predicted octanol–water partition coefficient (Wildman–Crippen LogP) is 3.53. The fourth-order valence-corrected chi connectivity index (χ4v) is 2.13. The molecular formula is C13H21BrN2O. The van der Waals surface area contributed by atoms with Crippen molar-refractivity contribution in [1.29, 1.82) is 0 Å². The zero-order valence-corrected chi connectivity index (χ0v) is 12.5. The van der Waals surface area contributed by atoms with E-state index in [1.165, 1.54) is 0 Å². The molecule has 0 saturated carbocycles. The molecule has 0 aliphatic carbocycles. The summed E-state index contributed by atoms with van der Waals surface area (Å²) in [5.41, 5.74) is 0.651. The van der Waals surface area contributed by atoms with E-state index < -0.39 is 0 Å². The second kappa shape index (κ2) is 6.24. The van der Waals surface area contributed by atoms with Crippen molar-refractivity contribution in [2.24, 2.45) is 11.8 Å². The summed E-state index contributed by atoms with van der Waals surface area (Å²) in [6.45, 7) is 10.1. The molecule has 1 aromatic heterocycles. The van der Waals surface area contributed by atoms with Crippen molar-refractivity contribution in [1.82, 2.24) is 9.88 Å². The van der Waals surface area contributed by atoms with Gasteiger partial charge >= 0.3 is 0 Å². The van der Waals surface area contributed by atoms with Gasteiger partial charge in [-0.15, -0.1) is 0 Å². The Bertz CT molecular complexity index is 361. The van der Waals surface area contributed by atoms with Crippen LogP contribution in [0.1, 0.15) is 38.2 Å². The molecule has 1 rings (SSSR count). The summed E-state index contributed by atoms with van der Waals surface area (Å²) in [6, 6.07) is 1.83. The third kappa shape index (κ3) is 4.54. The molecule has 0 saturated heterocycles. The molecule has 0 aliphatic heterocycles. The topological polar surface area (TPSA) is 36.1 Å². The molecule has 0 fully saturated rings. The second-order valence-corrected chi connectivity index (χ2v) is 6.15. The van der Waals surface area contributed by atoms with Gasteiger partial charge in [-0.2, -0.15) is 0 Å². The van der Waals surface area contributed by atoms with E-state index in [2.05, 4.69) is 48.6 Å². The van der Waals surface area contributed by atoms with E-state index in [0.29, 0.717) is 17.5 Å². The number of H-pyrrole nitrogens is 1. The fraction of sp³-hybridized carbons (Fsp3) is 0.615. The van der Waals surface area contributed by atoms with Crippen LogP contribution in [0, 0.1) is 11.8 Å². The van der Waals surface area contributed by atoms with Crippen molar-refractivity contribution < 1.29 is 4.79 Å². The molecule has 0 unspecified atom stereocenters. The van der Waals surface area contributed by atoms with E-state index in [4.69, 9.17) is 0 Å². The Labute approximate surface area is 112 Å². The highest BCUT2D eigenvalue weighted by Crippen LogP contribution is 2.14. The maximum atomic E-state index is 12.3. The molecule has 0 radical (unpaired) electrons. The third-order valence-corrected chi connectivity index (χ3v) is 2.79. The van der Waals surface area contributed by atoms with Gasteiger partial charge in [-0.3, -0.25) is 4.79 Å². The number of carbonyl (C=O) groups excluding carboxylic acids is 1. The highest BCUT2D eigenvalue weighted by atomic mass is 79.9. The minimum atomic E-state index is 0.0816. The van der Waals surface area contributed by atoms with Crippen LogP contribution < -0.4 is 0 Å². The summed E-state index contributed by atoms with van der Waals surface area (Å²) in [4.78, 5) is 17.2. The van der Waals surface area contributed by atoms with Crippen molar-refractivity contribution >= 4 is 21.8 Å². The Morgan fingerprint density at radius 2 is 1.82 bits per heavy atom. The molecule has 0 atom stereocenters. The highest BCUT2D eigenvalue weighted by molar-refractivity contribution is 9.10. The van der Waals surface area contributed by atoms with E-state index in [1.807, 2.05) is 11.0 Å². The van der Waals surface area contributed by atoms with Crippen LogP contribution in [-0.4, -0.2) is 28.9 Å². The lowest BCUT2D eigenvalue weighted by molar-refractivity contribution is 0.0710. The van der Waals surface area contributed by atoms with Crippen LogP contribution in [-0.2, 0) is 0 Å². The monoisotopic (exact) mass is 300 g/mol. The number of carbonyl (C=O) groups is 1. The molecular weight excluding hydrogens is 280 g/mol. The van der Waals surface area contributed by atoms with Gasteiger partial charge in [0.15, 0.2) is 0 Å². The van der Waals surface area contributed by atoms with E-state index in [9.17, 15) is 4.79 Å². The molecule has 1 heterocycles. The van der Waals surface area contributed by atoms with Crippen molar-refractivity contribution in [3.8, 4) is 0 Å². The van der Waals surface area contributed by atoms with Crippen LogP contribution in [0.3, 0.4) is 0 Å². The first-order chi connectivity index (χ1) is 7.90. The lowest BCUT2D eigenvalue weighted by Crippen LogP contribution is -2.37. The van der Waals surface area contributed by atoms with E-state index in [-0.39, 0.29) is 5.91 Å². The van der Waals surface area contributed by atoms with Gasteiger partial charge in [0.25, 0.3) is 5.91 Å². The minimum absolute atomic E-state index is 0.0816. The van der Waals surface area contributed by atoms with E-state index >= 15 is 0 Å². The molecule has 3 nitrogen and oxygen atoms in total. The van der Waals surface area contributed by atoms with Gasteiger partial charge in [0, 0.05) is 23.8 Å². The van der Waals surface area contributed by atoms with Crippen molar-refractivity contribution in [3.63, 3.8) is 0 Å². The van der Waals surface area contributed by atoms with Crippen LogP contribution in [0.5, 0.6) is 0 Å². The first kappa shape index (κ1) is 14.3. The van der Waals surface area contributed by atoms with Crippen molar-refractivity contribution in [2.75, 3.05) is 13.1 Å². The number of nitrogens with one attached hydrogen (secondary N) is 1. The van der Waals surface area contributed by atoms with Gasteiger partial charge in [0.1, 0.15) is 5.69 Å². The number of rotatable bonds is 5. The molecule has 1 aromatic rings. The third-order valence-electron chi connectivity index (χ3n) is 2.34. The average molecular weight is 301 g/mol. The summed E-state index contributed by atoms with van der Waals surface area (Å²) in [5, 5.41) is 0. The van der Waals surface area contributed by atoms with Gasteiger partial charge in [-0.05, 0) is 33.8 Å². The number of hydrogen-bond acceptors (Lipinski definition) is 1. The molecule has 0 aliphatic rings. The molecule has 17 heavy (non-hydrogen) atoms. The Morgan fingerprint density at radius 1 is 1.29 bits per heavy atom. The number of hydrogen-bond donors (Lipinski definition) is 1. The van der Waals surface area contributed by atoms with Gasteiger partial charge in [0.2, 0.25) is 0 Å². The lowest BCUT2D eigenvalue weighted by Gasteiger charge is -2.25. The van der Waals surface area contributed by atoms with E-state index in [0.717, 1.165) is 17.6 Å². The quantitative estimate of drug-likeness (QED) is 0.887. The summed E-state index contributed by atoms with van der Waals surface area (Å²) in [7, 11) is 0. The van der Waals surface area contributed by atoms with Crippen molar-refractivity contribution in [2.45, 2.75) is 27.7 Å². The minimum Gasteiger partial charge on any atom is -0.356 e. The molecule has 1 amide bonds. The van der Waals surface area contributed by atoms with Crippen LogP contribution >= 0.6 is 15.9 Å². The number of aromatic nitrogens is 1. The summed E-state index contributed by atoms with van der Waals surface area (Å²) in [5.74, 6) is 1.05. The lowest BCUT2D eigenvalue weighted by atomic mass is 10.1. The number of amides is 1. The zero-order chi connectivity index (χ0) is 13.0. The first-order valence-corrected chi connectivity index (χ1v) is 6.82. The fourth-order valence-electron chi connectivity index (χ4n) is 1.78. The molecule has 96 valence electrons. The van der Waals surface area contributed by atoms with Crippen LogP contribution in [0.15, 0.2) is 16.7 Å². The summed E-state index contributed by atoms with van der Waals surface area (Å²) >= 11 is 3.35. The summed E-state index contributed by atoms with van der Waals surface area (Å²) < 4.78 is 0.912. The maximum absolute atomic E-state index is 12.3. The zero-order valence-electron chi connectivity index (χ0n) is 11.0. The largest absolute Gasteiger partial charge is 0.356 e. The maximum Gasteiger partial charge on any atom is 0.270 e. The molecule has 1 N–H and O–H groups in total. The number of halogens is 1. The Hall–Kier alpha value is -0.770. The van der Waals surface area contributed by atoms with Crippen molar-refractivity contribution in [3.05, 3.63) is 22.4 Å². The molecule has 0 aromatic carbocycles. The Kier molecular flexibility index (Phi) is 5.25. The molecule has 0 spiro atoms. The Morgan fingerprint density at radius 3 is 2.18 bits per heavy atom. The number of nitrogens with zero attached hydrogens (tertiary/aromatic N) is 1. The molecule has 4 heteroatoms.